The first-order chi connectivity index (χ1) is 11.5. The summed E-state index contributed by atoms with van der Waals surface area (Å²) >= 11 is 0.996. The molecule has 2 N–H and O–H groups in total. The molecule has 8 heteroatoms. The van der Waals surface area contributed by atoms with Crippen LogP contribution in [0.3, 0.4) is 0 Å². The van der Waals surface area contributed by atoms with E-state index in [9.17, 15) is 19.5 Å². The predicted octanol–water partition coefficient (Wildman–Crippen LogP) is 3.26. The third-order valence-corrected chi connectivity index (χ3v) is 4.10. The summed E-state index contributed by atoms with van der Waals surface area (Å²) in [6.45, 7) is 8.44. The molecular weight excluding hydrogens is 344 g/mol. The van der Waals surface area contributed by atoms with Gasteiger partial charge in [0.05, 0.1) is 5.92 Å². The van der Waals surface area contributed by atoms with Gasteiger partial charge < -0.3 is 9.84 Å². The smallest absolute Gasteiger partial charge is 0.413 e. The van der Waals surface area contributed by atoms with Crippen LogP contribution in [-0.4, -0.2) is 38.6 Å². The van der Waals surface area contributed by atoms with Crippen LogP contribution in [0.2, 0.25) is 0 Å². The molecule has 138 valence electrons. The minimum absolute atomic E-state index is 0.113. The number of nitrogens with zero attached hydrogens (tertiary/aromatic N) is 1. The zero-order valence-corrected chi connectivity index (χ0v) is 15.9. The Morgan fingerprint density at radius 2 is 1.96 bits per heavy atom. The SMILES string of the molecule is CC(=O)SCC(Cc1ccc(NC(=O)OC(C)(C)C)nc1C)C(=O)O. The number of thioether (sulfide) groups is 1. The number of carboxylic acids is 1. The standard InChI is InChI=1S/C17H24N2O5S/c1-10-12(8-13(15(21)22)9-25-11(2)20)6-7-14(18-10)19-16(23)24-17(3,4)5/h6-7,13H,8-9H2,1-5H3,(H,21,22)(H,18,19,23). The molecule has 0 radical (unpaired) electrons. The lowest BCUT2D eigenvalue weighted by molar-refractivity contribution is -0.140. The number of aliphatic carboxylic acids is 1. The van der Waals surface area contributed by atoms with Crippen molar-refractivity contribution in [3.63, 3.8) is 0 Å². The molecule has 1 unspecified atom stereocenters. The van der Waals surface area contributed by atoms with Gasteiger partial charge in [0.2, 0.25) is 0 Å². The fourth-order valence-corrected chi connectivity index (χ4v) is 2.68. The molecule has 0 fully saturated rings. The highest BCUT2D eigenvalue weighted by Crippen LogP contribution is 2.19. The second-order valence-corrected chi connectivity index (χ2v) is 7.81. The molecule has 0 spiro atoms. The maximum absolute atomic E-state index is 11.8. The number of carbonyl (C=O) groups excluding carboxylic acids is 2. The van der Waals surface area contributed by atoms with Gasteiger partial charge in [-0.15, -0.1) is 0 Å². The van der Waals surface area contributed by atoms with Gasteiger partial charge in [0.15, 0.2) is 5.12 Å². The Morgan fingerprint density at radius 3 is 2.44 bits per heavy atom. The molecular formula is C17H24N2O5S. The molecule has 0 aromatic carbocycles. The molecule has 0 bridgehead atoms. The van der Waals surface area contributed by atoms with Crippen molar-refractivity contribution >= 4 is 34.8 Å². The zero-order valence-electron chi connectivity index (χ0n) is 15.1. The highest BCUT2D eigenvalue weighted by Gasteiger charge is 2.21. The third-order valence-electron chi connectivity index (χ3n) is 3.13. The predicted molar refractivity (Wildman–Crippen MR) is 96.8 cm³/mol. The highest BCUT2D eigenvalue weighted by molar-refractivity contribution is 8.13. The molecule has 1 rings (SSSR count). The normalized spacial score (nSPS) is 12.4. The number of carboxylic acid groups (broad SMARTS) is 1. The number of hydrogen-bond donors (Lipinski definition) is 2. The number of aromatic nitrogens is 1. The topological polar surface area (TPSA) is 106 Å². The van der Waals surface area contributed by atoms with E-state index < -0.39 is 23.6 Å². The van der Waals surface area contributed by atoms with E-state index in [1.165, 1.54) is 6.92 Å². The number of nitrogens with one attached hydrogen (secondary N) is 1. The Balaban J connectivity index is 2.78. The van der Waals surface area contributed by atoms with Crippen molar-refractivity contribution < 1.29 is 24.2 Å². The lowest BCUT2D eigenvalue weighted by atomic mass is 10.0. The van der Waals surface area contributed by atoms with E-state index in [2.05, 4.69) is 10.3 Å². The third kappa shape index (κ3) is 8.02. The summed E-state index contributed by atoms with van der Waals surface area (Å²) < 4.78 is 5.16. The highest BCUT2D eigenvalue weighted by atomic mass is 32.2. The molecule has 1 atom stereocenters. The summed E-state index contributed by atoms with van der Waals surface area (Å²) in [6, 6.07) is 3.33. The van der Waals surface area contributed by atoms with Crippen LogP contribution in [0.4, 0.5) is 10.6 Å². The molecule has 25 heavy (non-hydrogen) atoms. The fourth-order valence-electron chi connectivity index (χ4n) is 1.98. The van der Waals surface area contributed by atoms with Crippen molar-refractivity contribution in [2.45, 2.75) is 46.6 Å². The van der Waals surface area contributed by atoms with Gasteiger partial charge in [-0.1, -0.05) is 17.8 Å². The van der Waals surface area contributed by atoms with Crippen molar-refractivity contribution in [1.29, 1.82) is 0 Å². The first kappa shape index (κ1) is 21.0. The van der Waals surface area contributed by atoms with Crippen LogP contribution in [0.25, 0.3) is 0 Å². The Hall–Kier alpha value is -2.09. The van der Waals surface area contributed by atoms with Crippen molar-refractivity contribution in [2.75, 3.05) is 11.1 Å². The van der Waals surface area contributed by atoms with E-state index in [4.69, 9.17) is 4.74 Å². The average molecular weight is 368 g/mol. The second kappa shape index (κ2) is 8.84. The minimum atomic E-state index is -0.955. The number of rotatable bonds is 6. The van der Waals surface area contributed by atoms with Gasteiger partial charge in [0, 0.05) is 18.4 Å². The molecule has 1 aromatic heterocycles. The second-order valence-electron chi connectivity index (χ2n) is 6.61. The summed E-state index contributed by atoms with van der Waals surface area (Å²) in [5, 5.41) is 11.7. The van der Waals surface area contributed by atoms with Crippen LogP contribution in [0.5, 0.6) is 0 Å². The summed E-state index contributed by atoms with van der Waals surface area (Å²) in [6.07, 6.45) is -0.338. The lowest BCUT2D eigenvalue weighted by Crippen LogP contribution is -2.27. The Morgan fingerprint density at radius 1 is 1.32 bits per heavy atom. The van der Waals surface area contributed by atoms with Gasteiger partial charge in [-0.2, -0.15) is 0 Å². The minimum Gasteiger partial charge on any atom is -0.481 e. The van der Waals surface area contributed by atoms with Gasteiger partial charge in [0.1, 0.15) is 11.4 Å². The van der Waals surface area contributed by atoms with Crippen LogP contribution < -0.4 is 5.32 Å². The molecule has 1 heterocycles. The summed E-state index contributed by atoms with van der Waals surface area (Å²) in [4.78, 5) is 38.4. The number of carbonyl (C=O) groups is 3. The van der Waals surface area contributed by atoms with Gasteiger partial charge in [-0.25, -0.2) is 9.78 Å². The van der Waals surface area contributed by atoms with Gasteiger partial charge in [0.25, 0.3) is 0 Å². The summed E-state index contributed by atoms with van der Waals surface area (Å²) in [7, 11) is 0. The maximum atomic E-state index is 11.8. The molecule has 0 aliphatic rings. The van der Waals surface area contributed by atoms with Crippen molar-refractivity contribution in [3.05, 3.63) is 23.4 Å². The van der Waals surface area contributed by atoms with E-state index in [0.29, 0.717) is 11.5 Å². The van der Waals surface area contributed by atoms with Crippen LogP contribution in [0.15, 0.2) is 12.1 Å². The van der Waals surface area contributed by atoms with Crippen molar-refractivity contribution in [2.24, 2.45) is 5.92 Å². The number of ether oxygens (including phenoxy) is 1. The number of pyridine rings is 1. The first-order valence-corrected chi connectivity index (χ1v) is 8.79. The van der Waals surface area contributed by atoms with Crippen LogP contribution in [-0.2, 0) is 20.7 Å². The Labute approximate surface area is 151 Å². The number of amides is 1. The average Bonchev–Trinajstić information content (AvgIpc) is 2.42. The number of hydrogen-bond acceptors (Lipinski definition) is 6. The lowest BCUT2D eigenvalue weighted by Gasteiger charge is -2.19. The molecule has 0 saturated carbocycles. The van der Waals surface area contributed by atoms with E-state index in [-0.39, 0.29) is 17.3 Å². The molecule has 1 amide bonds. The summed E-state index contributed by atoms with van der Waals surface area (Å²) in [5.74, 6) is -1.09. The van der Waals surface area contributed by atoms with Gasteiger partial charge in [-0.3, -0.25) is 14.9 Å². The van der Waals surface area contributed by atoms with Crippen molar-refractivity contribution in [1.82, 2.24) is 4.98 Å². The van der Waals surface area contributed by atoms with Crippen LogP contribution in [0, 0.1) is 12.8 Å². The van der Waals surface area contributed by atoms with Crippen LogP contribution >= 0.6 is 11.8 Å². The van der Waals surface area contributed by atoms with Crippen molar-refractivity contribution in [3.8, 4) is 0 Å². The molecule has 0 aliphatic heterocycles. The largest absolute Gasteiger partial charge is 0.481 e. The molecule has 7 nitrogen and oxygen atoms in total. The first-order valence-electron chi connectivity index (χ1n) is 7.80. The Bertz CT molecular complexity index is 655. The fraction of sp³-hybridized carbons (Fsp3) is 0.529. The zero-order chi connectivity index (χ0) is 19.2. The van der Waals surface area contributed by atoms with Crippen LogP contribution in [0.1, 0.15) is 39.0 Å². The Kier molecular flexibility index (Phi) is 7.41. The monoisotopic (exact) mass is 368 g/mol. The van der Waals surface area contributed by atoms with E-state index >= 15 is 0 Å². The maximum Gasteiger partial charge on any atom is 0.413 e. The van der Waals surface area contributed by atoms with E-state index in [0.717, 1.165) is 17.3 Å². The van der Waals surface area contributed by atoms with Gasteiger partial charge in [-0.05, 0) is 45.7 Å². The van der Waals surface area contributed by atoms with Gasteiger partial charge >= 0.3 is 12.1 Å². The van der Waals surface area contributed by atoms with E-state index in [1.54, 1.807) is 39.8 Å². The quantitative estimate of drug-likeness (QED) is 0.794. The molecule has 0 aliphatic carbocycles. The molecule has 0 saturated heterocycles. The summed E-state index contributed by atoms with van der Waals surface area (Å²) in [5.41, 5.74) is 0.765. The van der Waals surface area contributed by atoms with E-state index in [1.807, 2.05) is 0 Å². The molecule has 1 aromatic rings. The number of aryl methyl sites for hydroxylation is 1. The number of anilines is 1.